The molecule has 0 aromatic heterocycles. The zero-order valence-corrected chi connectivity index (χ0v) is 10.8. The smallest absolute Gasteiger partial charge is 0.232 e. The Morgan fingerprint density at radius 3 is 2.38 bits per heavy atom. The van der Waals surface area contributed by atoms with Gasteiger partial charge in [-0.05, 0) is 30.5 Å². The molecule has 0 unspecified atom stereocenters. The van der Waals surface area contributed by atoms with Gasteiger partial charge in [0, 0.05) is 11.6 Å². The highest BCUT2D eigenvalue weighted by Gasteiger charge is 2.07. The standard InChI is InChI=1S/C11H16ClNO2S/c1-2-9-16(14,15)13-11-5-3-10(4-6-11)7-8-12/h3-6,13H,2,7-9H2,1H3. The van der Waals surface area contributed by atoms with E-state index in [-0.39, 0.29) is 5.75 Å². The van der Waals surface area contributed by atoms with Crippen LogP contribution in [0.2, 0.25) is 0 Å². The van der Waals surface area contributed by atoms with E-state index in [1.54, 1.807) is 12.1 Å². The first-order chi connectivity index (χ1) is 7.57. The van der Waals surface area contributed by atoms with E-state index in [1.165, 1.54) is 0 Å². The molecular weight excluding hydrogens is 246 g/mol. The third-order valence-corrected chi connectivity index (χ3v) is 3.76. The number of rotatable bonds is 6. The summed E-state index contributed by atoms with van der Waals surface area (Å²) in [7, 11) is -3.19. The summed E-state index contributed by atoms with van der Waals surface area (Å²) in [6.45, 7) is 1.84. The van der Waals surface area contributed by atoms with Gasteiger partial charge in [0.2, 0.25) is 10.0 Å². The van der Waals surface area contributed by atoms with E-state index < -0.39 is 10.0 Å². The van der Waals surface area contributed by atoms with E-state index in [4.69, 9.17) is 11.6 Å². The van der Waals surface area contributed by atoms with Gasteiger partial charge in [0.25, 0.3) is 0 Å². The highest BCUT2D eigenvalue weighted by atomic mass is 35.5. The van der Waals surface area contributed by atoms with Crippen molar-refractivity contribution in [3.05, 3.63) is 29.8 Å². The first-order valence-corrected chi connectivity index (χ1v) is 7.41. The molecule has 0 aliphatic rings. The third kappa shape index (κ3) is 4.41. The summed E-state index contributed by atoms with van der Waals surface area (Å²) in [5, 5.41) is 0. The molecule has 1 rings (SSSR count). The molecule has 0 spiro atoms. The Kier molecular flexibility index (Phi) is 5.09. The predicted molar refractivity (Wildman–Crippen MR) is 68.6 cm³/mol. The quantitative estimate of drug-likeness (QED) is 0.800. The molecule has 0 radical (unpaired) electrons. The molecule has 1 N–H and O–H groups in total. The zero-order chi connectivity index (χ0) is 12.0. The van der Waals surface area contributed by atoms with Crippen LogP contribution >= 0.6 is 11.6 Å². The molecule has 0 bridgehead atoms. The normalized spacial score (nSPS) is 11.4. The summed E-state index contributed by atoms with van der Waals surface area (Å²) in [5.74, 6) is 0.720. The second-order valence-electron chi connectivity index (χ2n) is 3.56. The lowest BCUT2D eigenvalue weighted by molar-refractivity contribution is 0.600. The summed E-state index contributed by atoms with van der Waals surface area (Å²) in [5.41, 5.74) is 1.71. The number of hydrogen-bond donors (Lipinski definition) is 1. The molecular formula is C11H16ClNO2S. The number of nitrogens with one attached hydrogen (secondary N) is 1. The lowest BCUT2D eigenvalue weighted by Gasteiger charge is -2.07. The lowest BCUT2D eigenvalue weighted by Crippen LogP contribution is -2.15. The van der Waals surface area contributed by atoms with Crippen molar-refractivity contribution in [3.63, 3.8) is 0 Å². The number of halogens is 1. The summed E-state index contributed by atoms with van der Waals surface area (Å²) < 4.78 is 25.5. The van der Waals surface area contributed by atoms with Crippen LogP contribution in [0.5, 0.6) is 0 Å². The van der Waals surface area contributed by atoms with E-state index >= 15 is 0 Å². The number of sulfonamides is 1. The van der Waals surface area contributed by atoms with Crippen molar-refractivity contribution in [2.45, 2.75) is 19.8 Å². The van der Waals surface area contributed by atoms with Crippen LogP contribution in [0, 0.1) is 0 Å². The summed E-state index contributed by atoms with van der Waals surface area (Å²) in [6, 6.07) is 7.28. The monoisotopic (exact) mass is 261 g/mol. The number of benzene rings is 1. The van der Waals surface area contributed by atoms with Crippen molar-refractivity contribution in [2.75, 3.05) is 16.4 Å². The largest absolute Gasteiger partial charge is 0.284 e. The second-order valence-corrected chi connectivity index (χ2v) is 5.78. The Morgan fingerprint density at radius 2 is 1.88 bits per heavy atom. The molecule has 0 aliphatic heterocycles. The Bertz CT molecular complexity index is 414. The predicted octanol–water partition coefficient (Wildman–Crippen LogP) is 2.62. The van der Waals surface area contributed by atoms with Gasteiger partial charge in [0.1, 0.15) is 0 Å². The van der Waals surface area contributed by atoms with Gasteiger partial charge in [-0.1, -0.05) is 19.1 Å². The Hall–Kier alpha value is -0.740. The zero-order valence-electron chi connectivity index (χ0n) is 9.24. The first kappa shape index (κ1) is 13.3. The summed E-state index contributed by atoms with van der Waals surface area (Å²) in [6.07, 6.45) is 1.41. The van der Waals surface area contributed by atoms with E-state index in [2.05, 4.69) is 4.72 Å². The maximum Gasteiger partial charge on any atom is 0.232 e. The van der Waals surface area contributed by atoms with Crippen LogP contribution in [0.1, 0.15) is 18.9 Å². The molecule has 0 amide bonds. The van der Waals surface area contributed by atoms with Crippen LogP contribution < -0.4 is 4.72 Å². The van der Waals surface area contributed by atoms with Crippen LogP contribution in [0.4, 0.5) is 5.69 Å². The van der Waals surface area contributed by atoms with Gasteiger partial charge in [-0.2, -0.15) is 0 Å². The molecule has 0 atom stereocenters. The molecule has 0 fully saturated rings. The number of anilines is 1. The molecule has 1 aromatic carbocycles. The fraction of sp³-hybridized carbons (Fsp3) is 0.455. The molecule has 16 heavy (non-hydrogen) atoms. The van der Waals surface area contributed by atoms with E-state index in [0.29, 0.717) is 18.0 Å². The van der Waals surface area contributed by atoms with Crippen LogP contribution in [-0.4, -0.2) is 20.1 Å². The van der Waals surface area contributed by atoms with Gasteiger partial charge in [-0.3, -0.25) is 4.72 Å². The average Bonchev–Trinajstić information content (AvgIpc) is 2.21. The van der Waals surface area contributed by atoms with Crippen LogP contribution in [0.15, 0.2) is 24.3 Å². The van der Waals surface area contributed by atoms with Crippen molar-refractivity contribution in [1.29, 1.82) is 0 Å². The second kappa shape index (κ2) is 6.11. The molecule has 0 saturated carbocycles. The molecule has 0 saturated heterocycles. The highest BCUT2D eigenvalue weighted by molar-refractivity contribution is 7.92. The van der Waals surface area contributed by atoms with Gasteiger partial charge >= 0.3 is 0 Å². The van der Waals surface area contributed by atoms with E-state index in [0.717, 1.165) is 12.0 Å². The molecule has 5 heteroatoms. The van der Waals surface area contributed by atoms with Gasteiger partial charge in [-0.15, -0.1) is 11.6 Å². The summed E-state index contributed by atoms with van der Waals surface area (Å²) in [4.78, 5) is 0. The maximum atomic E-state index is 11.5. The first-order valence-electron chi connectivity index (χ1n) is 5.23. The number of aryl methyl sites for hydroxylation is 1. The molecule has 0 aliphatic carbocycles. The number of hydrogen-bond acceptors (Lipinski definition) is 2. The van der Waals surface area contributed by atoms with Crippen molar-refractivity contribution in [3.8, 4) is 0 Å². The Labute approximate surface area is 102 Å². The third-order valence-electron chi connectivity index (χ3n) is 2.08. The van der Waals surface area contributed by atoms with E-state index in [1.807, 2.05) is 19.1 Å². The topological polar surface area (TPSA) is 46.2 Å². The van der Waals surface area contributed by atoms with Gasteiger partial charge < -0.3 is 0 Å². The van der Waals surface area contributed by atoms with E-state index in [9.17, 15) is 8.42 Å². The lowest BCUT2D eigenvalue weighted by atomic mass is 10.2. The minimum Gasteiger partial charge on any atom is -0.284 e. The Morgan fingerprint density at radius 1 is 1.25 bits per heavy atom. The van der Waals surface area contributed by atoms with Crippen molar-refractivity contribution in [1.82, 2.24) is 0 Å². The van der Waals surface area contributed by atoms with Crippen LogP contribution in [0.3, 0.4) is 0 Å². The van der Waals surface area contributed by atoms with Crippen molar-refractivity contribution in [2.24, 2.45) is 0 Å². The van der Waals surface area contributed by atoms with Gasteiger partial charge in [-0.25, -0.2) is 8.42 Å². The van der Waals surface area contributed by atoms with Crippen molar-refractivity contribution >= 4 is 27.3 Å². The maximum absolute atomic E-state index is 11.5. The van der Waals surface area contributed by atoms with Crippen LogP contribution in [-0.2, 0) is 16.4 Å². The van der Waals surface area contributed by atoms with Crippen LogP contribution in [0.25, 0.3) is 0 Å². The minimum atomic E-state index is -3.19. The van der Waals surface area contributed by atoms with Crippen molar-refractivity contribution < 1.29 is 8.42 Å². The number of alkyl halides is 1. The van der Waals surface area contributed by atoms with Gasteiger partial charge in [0.05, 0.1) is 5.75 Å². The molecule has 1 aromatic rings. The average molecular weight is 262 g/mol. The fourth-order valence-corrected chi connectivity index (χ4v) is 2.70. The summed E-state index contributed by atoms with van der Waals surface area (Å²) >= 11 is 5.61. The molecule has 0 heterocycles. The van der Waals surface area contributed by atoms with Gasteiger partial charge in [0.15, 0.2) is 0 Å². The SMILES string of the molecule is CCCS(=O)(=O)Nc1ccc(CCCl)cc1. The Balaban J connectivity index is 2.68. The highest BCUT2D eigenvalue weighted by Crippen LogP contribution is 2.12. The molecule has 90 valence electrons. The molecule has 3 nitrogen and oxygen atoms in total. The minimum absolute atomic E-state index is 0.149. The fourth-order valence-electron chi connectivity index (χ4n) is 1.35.